The smallest absolute Gasteiger partial charge is 0.457 e. The number of aromatic carboxylic acids is 1. The van der Waals surface area contributed by atoms with E-state index < -0.39 is 46.9 Å². The van der Waals surface area contributed by atoms with E-state index >= 15 is 0 Å². The topological polar surface area (TPSA) is 66.4 Å². The van der Waals surface area contributed by atoms with E-state index in [1.54, 1.807) is 0 Å². The molecule has 2 N–H and O–H groups in total. The summed E-state index contributed by atoms with van der Waals surface area (Å²) in [6.45, 7) is 3.70. The molecule has 0 aliphatic rings. The quantitative estimate of drug-likeness (QED) is 0.419. The van der Waals surface area contributed by atoms with Crippen molar-refractivity contribution < 1.29 is 54.2 Å². The predicted octanol–water partition coefficient (Wildman–Crippen LogP) is 6.74. The molecule has 0 radical (unpaired) electrons. The van der Waals surface area contributed by atoms with Crippen LogP contribution in [0.25, 0.3) is 0 Å². The van der Waals surface area contributed by atoms with E-state index in [2.05, 4.69) is 5.32 Å². The number of alkyl halides is 9. The van der Waals surface area contributed by atoms with Gasteiger partial charge in [-0.1, -0.05) is 13.0 Å². The average Bonchev–Trinajstić information content (AvgIpc) is 2.72. The van der Waals surface area contributed by atoms with Crippen LogP contribution < -0.4 is 5.32 Å². The minimum absolute atomic E-state index is 0.0423. The first kappa shape index (κ1) is 28.0. The summed E-state index contributed by atoms with van der Waals surface area (Å²) in [5.41, 5.74) is -9.00. The third kappa shape index (κ3) is 4.80. The number of nitrogens with one attached hydrogen (secondary N) is 1. The van der Waals surface area contributed by atoms with Crippen LogP contribution in [0.15, 0.2) is 30.3 Å². The van der Waals surface area contributed by atoms with Gasteiger partial charge < -0.3 is 10.4 Å². The van der Waals surface area contributed by atoms with E-state index in [0.29, 0.717) is 0 Å². The zero-order chi connectivity index (χ0) is 27.1. The summed E-state index contributed by atoms with van der Waals surface area (Å²) in [6, 6.07) is 3.82. The number of aryl methyl sites for hydroxylation is 3. The normalized spacial score (nSPS) is 14.4. The number of amides is 1. The Bertz CT molecular complexity index is 1160. The molecule has 0 heterocycles. The molecule has 0 bridgehead atoms. The summed E-state index contributed by atoms with van der Waals surface area (Å²) in [4.78, 5) is 23.7. The van der Waals surface area contributed by atoms with Crippen LogP contribution >= 0.6 is 0 Å². The summed E-state index contributed by atoms with van der Waals surface area (Å²) < 4.78 is 121. The van der Waals surface area contributed by atoms with Gasteiger partial charge in [0.1, 0.15) is 0 Å². The highest BCUT2D eigenvalue weighted by Gasteiger charge is 2.81. The van der Waals surface area contributed by atoms with Crippen LogP contribution in [0.2, 0.25) is 0 Å². The van der Waals surface area contributed by atoms with Gasteiger partial charge in [-0.05, 0) is 61.2 Å². The number of hydrogen-bond donors (Lipinski definition) is 2. The van der Waals surface area contributed by atoms with Gasteiger partial charge in [-0.15, -0.1) is 0 Å². The van der Waals surface area contributed by atoms with Crippen LogP contribution in [0.1, 0.15) is 49.9 Å². The van der Waals surface area contributed by atoms with Crippen LogP contribution in [0.3, 0.4) is 0 Å². The third-order valence-corrected chi connectivity index (χ3v) is 5.33. The van der Waals surface area contributed by atoms with E-state index in [1.807, 2.05) is 0 Å². The monoisotopic (exact) mass is 515 g/mol. The molecule has 1 atom stereocenters. The highest BCUT2D eigenvalue weighted by Crippen LogP contribution is 2.58. The Hall–Kier alpha value is -3.25. The van der Waals surface area contributed by atoms with Crippen molar-refractivity contribution in [3.8, 4) is 0 Å². The highest BCUT2D eigenvalue weighted by atomic mass is 19.4. The number of anilines is 1. The molecule has 0 spiro atoms. The van der Waals surface area contributed by atoms with E-state index in [9.17, 15) is 49.1 Å². The second-order valence-corrected chi connectivity index (χ2v) is 7.70. The van der Waals surface area contributed by atoms with E-state index in [4.69, 9.17) is 5.11 Å². The Balaban J connectivity index is 2.62. The zero-order valence-electron chi connectivity index (χ0n) is 18.3. The van der Waals surface area contributed by atoms with Gasteiger partial charge in [0.05, 0.1) is 5.56 Å². The highest BCUT2D eigenvalue weighted by molar-refractivity contribution is 6.06. The van der Waals surface area contributed by atoms with Crippen LogP contribution in [-0.4, -0.2) is 35.3 Å². The zero-order valence-corrected chi connectivity index (χ0v) is 18.3. The van der Waals surface area contributed by atoms with Crippen molar-refractivity contribution in [2.24, 2.45) is 0 Å². The lowest BCUT2D eigenvalue weighted by Gasteiger charge is -2.36. The van der Waals surface area contributed by atoms with Crippen molar-refractivity contribution in [1.82, 2.24) is 0 Å². The van der Waals surface area contributed by atoms with Crippen molar-refractivity contribution in [1.29, 1.82) is 0 Å². The van der Waals surface area contributed by atoms with Crippen LogP contribution in [0.4, 0.5) is 45.2 Å². The van der Waals surface area contributed by atoms with Crippen LogP contribution in [0, 0.1) is 13.8 Å². The molecule has 35 heavy (non-hydrogen) atoms. The lowest BCUT2D eigenvalue weighted by atomic mass is 9.85. The second-order valence-electron chi connectivity index (χ2n) is 7.70. The molecule has 4 nitrogen and oxygen atoms in total. The Morgan fingerprint density at radius 3 is 1.86 bits per heavy atom. The number of hydrogen-bond acceptors (Lipinski definition) is 2. The molecule has 0 saturated heterocycles. The maximum atomic E-state index is 14.9. The molecule has 0 aliphatic heterocycles. The Morgan fingerprint density at radius 1 is 0.857 bits per heavy atom. The Labute approximate surface area is 192 Å². The number of carboxylic acid groups (broad SMARTS) is 1. The van der Waals surface area contributed by atoms with Gasteiger partial charge >= 0.3 is 29.9 Å². The molecule has 1 amide bonds. The number of carboxylic acids is 1. The standard InChI is InChI=1S/C22H18F9NO3/c1-4-12-9-14(19(23,21(26,27)28)20(24,25)22(29,30)31)8-11(3)16(12)32-17(33)15-6-5-13(18(34)35)7-10(15)2/h5-9H,4H2,1-3H3,(H,32,33)(H,34,35). The minimum Gasteiger partial charge on any atom is -0.478 e. The van der Waals surface area contributed by atoms with Crippen molar-refractivity contribution in [3.63, 3.8) is 0 Å². The summed E-state index contributed by atoms with van der Waals surface area (Å²) >= 11 is 0. The van der Waals surface area contributed by atoms with Gasteiger partial charge in [-0.3, -0.25) is 4.79 Å². The fourth-order valence-electron chi connectivity index (χ4n) is 3.47. The van der Waals surface area contributed by atoms with E-state index in [0.717, 1.165) is 19.1 Å². The maximum Gasteiger partial charge on any atom is 0.457 e. The lowest BCUT2D eigenvalue weighted by Crippen LogP contribution is -2.59. The molecule has 0 saturated carbocycles. The number of halogens is 9. The third-order valence-electron chi connectivity index (χ3n) is 5.33. The average molecular weight is 515 g/mol. The number of benzene rings is 2. The van der Waals surface area contributed by atoms with E-state index in [-0.39, 0.29) is 46.5 Å². The van der Waals surface area contributed by atoms with Crippen molar-refractivity contribution in [2.45, 2.75) is 51.1 Å². The first-order valence-corrected chi connectivity index (χ1v) is 9.79. The van der Waals surface area contributed by atoms with Gasteiger partial charge in [0.15, 0.2) is 0 Å². The van der Waals surface area contributed by atoms with Crippen LogP contribution in [-0.2, 0) is 12.1 Å². The first-order valence-electron chi connectivity index (χ1n) is 9.79. The number of rotatable bonds is 6. The van der Waals surface area contributed by atoms with Crippen LogP contribution in [0.5, 0.6) is 0 Å². The maximum absolute atomic E-state index is 14.9. The molecule has 0 fully saturated rings. The molecular weight excluding hydrogens is 497 g/mol. The summed E-state index contributed by atoms with van der Waals surface area (Å²) in [7, 11) is 0. The fraction of sp³-hybridized carbons (Fsp3) is 0.364. The van der Waals surface area contributed by atoms with Crippen molar-refractivity contribution in [2.75, 3.05) is 5.32 Å². The molecule has 192 valence electrons. The molecule has 0 aliphatic carbocycles. The molecule has 13 heteroatoms. The van der Waals surface area contributed by atoms with Gasteiger partial charge in [0.2, 0.25) is 0 Å². The summed E-state index contributed by atoms with van der Waals surface area (Å²) in [6.07, 6.45) is -13.8. The number of carbonyl (C=O) groups excluding carboxylic acids is 1. The molecule has 1 unspecified atom stereocenters. The molecule has 2 aromatic rings. The Morgan fingerprint density at radius 2 is 1.43 bits per heavy atom. The molecular formula is C22H18F9NO3. The SMILES string of the molecule is CCc1cc(C(F)(C(F)(F)F)C(F)(F)C(F)(F)F)cc(C)c1NC(=O)c1ccc(C(=O)O)cc1C. The van der Waals surface area contributed by atoms with Gasteiger partial charge in [0.25, 0.3) is 5.91 Å². The molecule has 2 rings (SSSR count). The summed E-state index contributed by atoms with van der Waals surface area (Å²) in [5, 5.41) is 11.3. The minimum atomic E-state index is -6.86. The predicted molar refractivity (Wildman–Crippen MR) is 106 cm³/mol. The second kappa shape index (κ2) is 9.08. The largest absolute Gasteiger partial charge is 0.478 e. The van der Waals surface area contributed by atoms with Crippen molar-refractivity contribution in [3.05, 3.63) is 63.7 Å². The molecule has 2 aromatic carbocycles. The van der Waals surface area contributed by atoms with Gasteiger partial charge in [-0.25, -0.2) is 9.18 Å². The lowest BCUT2D eigenvalue weighted by molar-refractivity contribution is -0.389. The number of carbonyl (C=O) groups is 2. The van der Waals surface area contributed by atoms with E-state index in [1.165, 1.54) is 19.9 Å². The van der Waals surface area contributed by atoms with Gasteiger partial charge in [-0.2, -0.15) is 35.1 Å². The summed E-state index contributed by atoms with van der Waals surface area (Å²) in [5.74, 6) is -8.95. The van der Waals surface area contributed by atoms with Crippen molar-refractivity contribution >= 4 is 17.6 Å². The fourth-order valence-corrected chi connectivity index (χ4v) is 3.47. The molecule has 0 aromatic heterocycles. The Kier molecular flexibility index (Phi) is 7.26. The first-order chi connectivity index (χ1) is 15.8. The van der Waals surface area contributed by atoms with Gasteiger partial charge in [0, 0.05) is 16.8 Å².